The molecule has 0 spiro atoms. The minimum atomic E-state index is -0.344. The highest BCUT2D eigenvalue weighted by Crippen LogP contribution is 2.36. The molecule has 2 aliphatic rings. The molecule has 1 aromatic heterocycles. The van der Waals surface area contributed by atoms with Crippen LogP contribution in [0, 0.1) is 0 Å². The smallest absolute Gasteiger partial charge is 0.399 e. The van der Waals surface area contributed by atoms with Crippen LogP contribution >= 0.6 is 0 Å². The second kappa shape index (κ2) is 7.13. The molecule has 0 N–H and O–H groups in total. The maximum Gasteiger partial charge on any atom is 0.494 e. The summed E-state index contributed by atoms with van der Waals surface area (Å²) in [6.45, 7) is 11.5. The van der Waals surface area contributed by atoms with Gasteiger partial charge in [0.25, 0.3) is 0 Å². The number of methoxy groups -OCH3 is 1. The minimum Gasteiger partial charge on any atom is -0.399 e. The fourth-order valence-electron chi connectivity index (χ4n) is 4.06. The Balaban J connectivity index is 1.51. The summed E-state index contributed by atoms with van der Waals surface area (Å²) in [4.78, 5) is 7.32. The van der Waals surface area contributed by atoms with E-state index in [2.05, 4.69) is 62.4 Å². The van der Waals surface area contributed by atoms with Crippen molar-refractivity contribution < 1.29 is 14.0 Å². The summed E-state index contributed by atoms with van der Waals surface area (Å²) >= 11 is 0. The molecule has 2 saturated heterocycles. The van der Waals surface area contributed by atoms with Crippen molar-refractivity contribution in [1.82, 2.24) is 14.5 Å². The maximum absolute atomic E-state index is 6.21. The topological polar surface area (TPSA) is 48.8 Å². The number of nitrogens with zero attached hydrogens (tertiary/aromatic N) is 3. The van der Waals surface area contributed by atoms with Gasteiger partial charge < -0.3 is 23.5 Å². The predicted molar refractivity (Wildman–Crippen MR) is 112 cm³/mol. The molecular weight excluding hydrogens is 353 g/mol. The van der Waals surface area contributed by atoms with E-state index in [1.54, 1.807) is 7.11 Å². The summed E-state index contributed by atoms with van der Waals surface area (Å²) in [5, 5.41) is 0. The third-order valence-electron chi connectivity index (χ3n) is 6.74. The first kappa shape index (κ1) is 19.9. The summed E-state index contributed by atoms with van der Waals surface area (Å²) in [7, 11) is 3.56. The molecule has 0 radical (unpaired) electrons. The number of aryl methyl sites for hydroxylation is 1. The van der Waals surface area contributed by atoms with Gasteiger partial charge in [0.05, 0.1) is 28.3 Å². The lowest BCUT2D eigenvalue weighted by Crippen LogP contribution is -2.41. The number of hydrogen-bond acceptors (Lipinski definition) is 5. The van der Waals surface area contributed by atoms with E-state index in [1.807, 2.05) is 0 Å². The van der Waals surface area contributed by atoms with Gasteiger partial charge in [-0.1, -0.05) is 6.07 Å². The molecule has 2 fully saturated rings. The van der Waals surface area contributed by atoms with Gasteiger partial charge in [-0.25, -0.2) is 4.98 Å². The lowest BCUT2D eigenvalue weighted by atomic mass is 9.79. The van der Waals surface area contributed by atoms with Crippen LogP contribution < -0.4 is 5.46 Å². The summed E-state index contributed by atoms with van der Waals surface area (Å²) in [5.74, 6) is 1.11. The molecule has 1 atom stereocenters. The van der Waals surface area contributed by atoms with Crippen molar-refractivity contribution in [2.24, 2.45) is 7.05 Å². The van der Waals surface area contributed by atoms with Gasteiger partial charge >= 0.3 is 7.12 Å². The largest absolute Gasteiger partial charge is 0.494 e. The SMILES string of the molecule is CO[C@@H]1CCN(CCc2nc3ccc(B4OC(C)(C)C(C)(C)O4)cc3n2C)C1. The van der Waals surface area contributed by atoms with Crippen molar-refractivity contribution in [2.45, 2.75) is 57.8 Å². The highest BCUT2D eigenvalue weighted by Gasteiger charge is 2.51. The van der Waals surface area contributed by atoms with Gasteiger partial charge in [-0.05, 0) is 51.7 Å². The number of likely N-dealkylation sites (tertiary alicyclic amines) is 1. The lowest BCUT2D eigenvalue weighted by Gasteiger charge is -2.32. The van der Waals surface area contributed by atoms with Crippen LogP contribution in [0.15, 0.2) is 18.2 Å². The van der Waals surface area contributed by atoms with Crippen molar-refractivity contribution in [3.8, 4) is 0 Å². The first-order chi connectivity index (χ1) is 13.2. The number of ether oxygens (including phenoxy) is 1. The average molecular weight is 385 g/mol. The van der Waals surface area contributed by atoms with Crippen LogP contribution in [0.25, 0.3) is 11.0 Å². The molecule has 1 aromatic carbocycles. The van der Waals surface area contributed by atoms with Crippen molar-refractivity contribution >= 4 is 23.6 Å². The monoisotopic (exact) mass is 385 g/mol. The molecular formula is C21H32BN3O3. The molecule has 6 nitrogen and oxygen atoms in total. The van der Waals surface area contributed by atoms with Gasteiger partial charge in [0, 0.05) is 40.2 Å². The van der Waals surface area contributed by atoms with Crippen molar-refractivity contribution in [1.29, 1.82) is 0 Å². The summed E-state index contributed by atoms with van der Waals surface area (Å²) in [6.07, 6.45) is 2.44. The van der Waals surface area contributed by atoms with E-state index in [1.165, 1.54) is 0 Å². The van der Waals surface area contributed by atoms with Gasteiger partial charge in [-0.15, -0.1) is 0 Å². The molecule has 0 amide bonds. The van der Waals surface area contributed by atoms with E-state index in [0.717, 1.165) is 54.8 Å². The molecule has 2 aliphatic heterocycles. The number of imidazole rings is 1. The highest BCUT2D eigenvalue weighted by atomic mass is 16.7. The Morgan fingerprint density at radius 3 is 2.57 bits per heavy atom. The van der Waals surface area contributed by atoms with E-state index in [9.17, 15) is 0 Å². The van der Waals surface area contributed by atoms with Crippen molar-refractivity contribution in [2.75, 3.05) is 26.7 Å². The van der Waals surface area contributed by atoms with E-state index in [-0.39, 0.29) is 18.3 Å². The molecule has 4 rings (SSSR count). The molecule has 0 unspecified atom stereocenters. The number of rotatable bonds is 5. The Hall–Kier alpha value is -1.41. The van der Waals surface area contributed by atoms with Crippen molar-refractivity contribution in [3.63, 3.8) is 0 Å². The Morgan fingerprint density at radius 2 is 1.93 bits per heavy atom. The normalized spacial score (nSPS) is 24.5. The van der Waals surface area contributed by atoms with E-state index < -0.39 is 0 Å². The molecule has 28 heavy (non-hydrogen) atoms. The lowest BCUT2D eigenvalue weighted by molar-refractivity contribution is 0.00578. The van der Waals surface area contributed by atoms with E-state index >= 15 is 0 Å². The fourth-order valence-corrected chi connectivity index (χ4v) is 4.06. The van der Waals surface area contributed by atoms with Crippen molar-refractivity contribution in [3.05, 3.63) is 24.0 Å². The fraction of sp³-hybridized carbons (Fsp3) is 0.667. The zero-order valence-electron chi connectivity index (χ0n) is 18.0. The Kier molecular flexibility index (Phi) is 5.07. The molecule has 7 heteroatoms. The second-order valence-corrected chi connectivity index (χ2v) is 9.12. The molecule has 0 aliphatic carbocycles. The second-order valence-electron chi connectivity index (χ2n) is 9.12. The summed E-state index contributed by atoms with van der Waals surface area (Å²) in [5.41, 5.74) is 2.52. The maximum atomic E-state index is 6.21. The van der Waals surface area contributed by atoms with E-state index in [0.29, 0.717) is 6.10 Å². The third-order valence-corrected chi connectivity index (χ3v) is 6.74. The zero-order valence-corrected chi connectivity index (χ0v) is 18.0. The Bertz CT molecular complexity index is 848. The molecule has 0 bridgehead atoms. The van der Waals surface area contributed by atoms with Crippen LogP contribution in [0.1, 0.15) is 39.9 Å². The number of benzene rings is 1. The summed E-state index contributed by atoms with van der Waals surface area (Å²) in [6, 6.07) is 6.31. The van der Waals surface area contributed by atoms with Gasteiger partial charge in [-0.2, -0.15) is 0 Å². The van der Waals surface area contributed by atoms with Crippen LogP contribution in [-0.4, -0.2) is 65.6 Å². The van der Waals surface area contributed by atoms with Crippen LogP contribution in [0.2, 0.25) is 0 Å². The highest BCUT2D eigenvalue weighted by molar-refractivity contribution is 6.62. The molecule has 152 valence electrons. The number of aromatic nitrogens is 2. The van der Waals surface area contributed by atoms with Crippen LogP contribution in [0.3, 0.4) is 0 Å². The Labute approximate surface area is 168 Å². The minimum absolute atomic E-state index is 0.333. The van der Waals surface area contributed by atoms with Gasteiger partial charge in [0.2, 0.25) is 0 Å². The molecule has 0 saturated carbocycles. The van der Waals surface area contributed by atoms with Gasteiger partial charge in [0.15, 0.2) is 0 Å². The van der Waals surface area contributed by atoms with E-state index in [4.69, 9.17) is 19.0 Å². The first-order valence-corrected chi connectivity index (χ1v) is 10.3. The number of hydrogen-bond donors (Lipinski definition) is 0. The standard InChI is InChI=1S/C21H32BN3O3/c1-20(2)21(3,4)28-22(27-20)15-7-8-17-18(13-15)24(5)19(23-17)10-12-25-11-9-16(14-25)26-6/h7-8,13,16H,9-12,14H2,1-6H3/t16-/m1/s1. The molecule has 3 heterocycles. The van der Waals surface area contributed by atoms with Crippen LogP contribution in [0.5, 0.6) is 0 Å². The average Bonchev–Trinajstić information content (AvgIpc) is 3.28. The van der Waals surface area contributed by atoms with Gasteiger partial charge in [-0.3, -0.25) is 0 Å². The zero-order chi connectivity index (χ0) is 20.1. The predicted octanol–water partition coefficient (Wildman–Crippen LogP) is 2.14. The van der Waals surface area contributed by atoms with Gasteiger partial charge in [0.1, 0.15) is 5.82 Å². The molecule has 2 aromatic rings. The first-order valence-electron chi connectivity index (χ1n) is 10.3. The Morgan fingerprint density at radius 1 is 1.21 bits per heavy atom. The number of fused-ring (bicyclic) bond motifs is 1. The van der Waals surface area contributed by atoms with Crippen LogP contribution in [-0.2, 0) is 27.5 Å². The third kappa shape index (κ3) is 3.49. The quantitative estimate of drug-likeness (QED) is 0.739. The summed E-state index contributed by atoms with van der Waals surface area (Å²) < 4.78 is 20.1. The van der Waals surface area contributed by atoms with Crippen LogP contribution in [0.4, 0.5) is 0 Å².